The summed E-state index contributed by atoms with van der Waals surface area (Å²) in [6.07, 6.45) is 8.04. The maximum absolute atomic E-state index is 7.37. The molecule has 0 saturated heterocycles. The van der Waals surface area contributed by atoms with E-state index in [9.17, 15) is 0 Å². The minimum Gasteiger partial charge on any atom is -0.350 e. The molecular formula is C14H14N2. The number of rotatable bonds is 3. The smallest absolute Gasteiger partial charge is 0.0568 e. The van der Waals surface area contributed by atoms with Crippen molar-refractivity contribution in [3.63, 3.8) is 0 Å². The molecule has 0 bridgehead atoms. The molecule has 0 radical (unpaired) electrons. The van der Waals surface area contributed by atoms with Crippen LogP contribution in [0.25, 0.3) is 6.08 Å². The molecule has 0 saturated carbocycles. The van der Waals surface area contributed by atoms with E-state index < -0.39 is 0 Å². The Kier molecular flexibility index (Phi) is 3.34. The molecule has 0 aliphatic rings. The summed E-state index contributed by atoms with van der Waals surface area (Å²) in [7, 11) is 0. The summed E-state index contributed by atoms with van der Waals surface area (Å²) in [6, 6.07) is 13.8. The Labute approximate surface area is 95.0 Å². The van der Waals surface area contributed by atoms with Crippen LogP contribution in [-0.4, -0.2) is 4.57 Å². The van der Waals surface area contributed by atoms with Crippen LogP contribution in [0.5, 0.6) is 0 Å². The van der Waals surface area contributed by atoms with Gasteiger partial charge in [-0.2, -0.15) is 0 Å². The van der Waals surface area contributed by atoms with E-state index in [0.717, 1.165) is 6.54 Å². The highest BCUT2D eigenvalue weighted by Gasteiger charge is 1.85. The van der Waals surface area contributed by atoms with Gasteiger partial charge in [0.2, 0.25) is 0 Å². The lowest BCUT2D eigenvalue weighted by atomic mass is 10.2. The largest absolute Gasteiger partial charge is 0.350 e. The number of benzene rings is 1. The van der Waals surface area contributed by atoms with E-state index in [1.807, 2.05) is 35.2 Å². The molecule has 2 rings (SSSR count). The number of hydrogen-bond donors (Lipinski definition) is 1. The summed E-state index contributed by atoms with van der Waals surface area (Å²) in [4.78, 5) is 0. The van der Waals surface area contributed by atoms with Crippen molar-refractivity contribution in [2.24, 2.45) is 0 Å². The molecule has 0 fully saturated rings. The maximum Gasteiger partial charge on any atom is 0.0568 e. The summed E-state index contributed by atoms with van der Waals surface area (Å²) in [5, 5.41) is 7.92. The van der Waals surface area contributed by atoms with E-state index in [4.69, 9.17) is 5.41 Å². The van der Waals surface area contributed by atoms with Crippen molar-refractivity contribution in [3.8, 4) is 0 Å². The molecule has 2 nitrogen and oxygen atoms in total. The molecule has 0 amide bonds. The Morgan fingerprint density at radius 2 is 1.69 bits per heavy atom. The third-order valence-electron chi connectivity index (χ3n) is 2.32. The van der Waals surface area contributed by atoms with Crippen molar-refractivity contribution >= 4 is 6.08 Å². The zero-order valence-electron chi connectivity index (χ0n) is 9.01. The fraction of sp³-hybridized carbons (Fsp3) is 0.0714. The average molecular weight is 210 g/mol. The molecular weight excluding hydrogens is 196 g/mol. The Morgan fingerprint density at radius 1 is 1.00 bits per heavy atom. The molecule has 1 heterocycles. The molecule has 0 aliphatic heterocycles. The van der Waals surface area contributed by atoms with Crippen LogP contribution in [-0.2, 0) is 6.54 Å². The molecule has 1 aromatic heterocycles. The van der Waals surface area contributed by atoms with Gasteiger partial charge in [0, 0.05) is 18.9 Å². The number of hydrogen-bond acceptors (Lipinski definition) is 1. The van der Waals surface area contributed by atoms with Crippen LogP contribution >= 0.6 is 0 Å². The van der Waals surface area contributed by atoms with E-state index >= 15 is 0 Å². The zero-order chi connectivity index (χ0) is 11.2. The second kappa shape index (κ2) is 5.12. The lowest BCUT2D eigenvalue weighted by molar-refractivity contribution is 0.810. The maximum atomic E-state index is 7.37. The second-order valence-electron chi connectivity index (χ2n) is 3.60. The number of nitrogens with zero attached hydrogens (tertiary/aromatic N) is 1. The number of nitrogens with one attached hydrogen (secondary N) is 1. The monoisotopic (exact) mass is 210 g/mol. The highest BCUT2D eigenvalue weighted by molar-refractivity contribution is 5.48. The summed E-state index contributed by atoms with van der Waals surface area (Å²) in [6.45, 7) is 0.829. The van der Waals surface area contributed by atoms with Gasteiger partial charge in [-0.1, -0.05) is 42.5 Å². The fourth-order valence-electron chi connectivity index (χ4n) is 1.45. The van der Waals surface area contributed by atoms with E-state index in [1.165, 1.54) is 5.56 Å². The first-order valence-electron chi connectivity index (χ1n) is 5.27. The summed E-state index contributed by atoms with van der Waals surface area (Å²) < 4.78 is 2.04. The van der Waals surface area contributed by atoms with Gasteiger partial charge >= 0.3 is 0 Å². The number of pyridine rings is 1. The fourth-order valence-corrected chi connectivity index (χ4v) is 1.45. The molecule has 2 heteroatoms. The van der Waals surface area contributed by atoms with Crippen molar-refractivity contribution in [2.45, 2.75) is 6.54 Å². The standard InChI is InChI=1S/C14H14N2/c15-14-8-11-16(12-9-14)10-4-7-13-5-2-1-3-6-13/h1-9,11-12,15H,10H2/b7-4+. The van der Waals surface area contributed by atoms with Crippen LogP contribution in [0.3, 0.4) is 0 Å². The van der Waals surface area contributed by atoms with Gasteiger partial charge in [-0.3, -0.25) is 0 Å². The second-order valence-corrected chi connectivity index (χ2v) is 3.60. The van der Waals surface area contributed by atoms with Gasteiger partial charge in [-0.05, 0) is 17.7 Å². The molecule has 1 N–H and O–H groups in total. The van der Waals surface area contributed by atoms with Crippen LogP contribution in [0.2, 0.25) is 0 Å². The number of aromatic nitrogens is 1. The Morgan fingerprint density at radius 3 is 2.38 bits per heavy atom. The Balaban J connectivity index is 2.00. The zero-order valence-corrected chi connectivity index (χ0v) is 9.01. The highest BCUT2D eigenvalue weighted by atomic mass is 14.9. The first-order valence-corrected chi connectivity index (χ1v) is 5.27. The normalized spacial score (nSPS) is 10.8. The van der Waals surface area contributed by atoms with Gasteiger partial charge in [0.05, 0.1) is 5.36 Å². The van der Waals surface area contributed by atoms with Crippen LogP contribution in [0.4, 0.5) is 0 Å². The average Bonchev–Trinajstić information content (AvgIpc) is 2.33. The topological polar surface area (TPSA) is 28.8 Å². The Bertz CT molecular complexity index is 503. The van der Waals surface area contributed by atoms with Gasteiger partial charge in [-0.15, -0.1) is 0 Å². The van der Waals surface area contributed by atoms with Gasteiger partial charge in [0.15, 0.2) is 0 Å². The van der Waals surface area contributed by atoms with Crippen molar-refractivity contribution in [3.05, 3.63) is 71.9 Å². The van der Waals surface area contributed by atoms with Crippen LogP contribution in [0.15, 0.2) is 60.9 Å². The van der Waals surface area contributed by atoms with Crippen LogP contribution in [0.1, 0.15) is 5.56 Å². The molecule has 0 aliphatic carbocycles. The molecule has 0 unspecified atom stereocenters. The van der Waals surface area contributed by atoms with Crippen molar-refractivity contribution < 1.29 is 0 Å². The Hall–Kier alpha value is -2.09. The molecule has 0 spiro atoms. The van der Waals surface area contributed by atoms with Crippen molar-refractivity contribution in [1.29, 1.82) is 5.41 Å². The van der Waals surface area contributed by atoms with E-state index in [1.54, 1.807) is 12.1 Å². The van der Waals surface area contributed by atoms with Gasteiger partial charge in [0.25, 0.3) is 0 Å². The van der Waals surface area contributed by atoms with Crippen molar-refractivity contribution in [2.75, 3.05) is 0 Å². The third kappa shape index (κ3) is 2.95. The first kappa shape index (κ1) is 10.4. The predicted molar refractivity (Wildman–Crippen MR) is 65.8 cm³/mol. The summed E-state index contributed by atoms with van der Waals surface area (Å²) in [5.74, 6) is 0. The van der Waals surface area contributed by atoms with E-state index in [2.05, 4.69) is 24.3 Å². The minimum absolute atomic E-state index is 0.545. The van der Waals surface area contributed by atoms with Gasteiger partial charge < -0.3 is 9.98 Å². The van der Waals surface area contributed by atoms with Crippen LogP contribution in [0, 0.1) is 5.41 Å². The van der Waals surface area contributed by atoms with Gasteiger partial charge in [-0.25, -0.2) is 0 Å². The third-order valence-corrected chi connectivity index (χ3v) is 2.32. The number of allylic oxidation sites excluding steroid dienone is 1. The molecule has 1 aromatic carbocycles. The first-order chi connectivity index (χ1) is 7.84. The van der Waals surface area contributed by atoms with Gasteiger partial charge in [0.1, 0.15) is 0 Å². The molecule has 0 atom stereocenters. The predicted octanol–water partition coefficient (Wildman–Crippen LogP) is 2.68. The summed E-state index contributed by atoms with van der Waals surface area (Å²) >= 11 is 0. The van der Waals surface area contributed by atoms with E-state index in [-0.39, 0.29) is 0 Å². The minimum atomic E-state index is 0.545. The lowest BCUT2D eigenvalue weighted by Gasteiger charge is -2.00. The van der Waals surface area contributed by atoms with E-state index in [0.29, 0.717) is 5.36 Å². The lowest BCUT2D eigenvalue weighted by Crippen LogP contribution is -2.02. The highest BCUT2D eigenvalue weighted by Crippen LogP contribution is 2.01. The molecule has 2 aromatic rings. The molecule has 80 valence electrons. The molecule has 16 heavy (non-hydrogen) atoms. The summed E-state index contributed by atoms with van der Waals surface area (Å²) in [5.41, 5.74) is 1.21. The quantitative estimate of drug-likeness (QED) is 0.807. The van der Waals surface area contributed by atoms with Crippen LogP contribution < -0.4 is 5.36 Å². The SMILES string of the molecule is N=c1ccn(C/C=C/c2ccccc2)cc1. The van der Waals surface area contributed by atoms with Crippen molar-refractivity contribution in [1.82, 2.24) is 4.57 Å².